The SMILES string of the molecule is CCCNCC1(CN(C)Cc2scnc2C)CCCOC1. The molecule has 1 aliphatic rings. The Morgan fingerprint density at radius 2 is 2.38 bits per heavy atom. The molecule has 1 N–H and O–H groups in total. The number of nitrogens with zero attached hydrogens (tertiary/aromatic N) is 2. The molecule has 2 heterocycles. The third-order valence-corrected chi connectivity index (χ3v) is 5.11. The van der Waals surface area contributed by atoms with Gasteiger partial charge < -0.3 is 15.0 Å². The van der Waals surface area contributed by atoms with Crippen molar-refractivity contribution in [3.63, 3.8) is 0 Å². The molecule has 0 amide bonds. The van der Waals surface area contributed by atoms with E-state index < -0.39 is 0 Å². The zero-order valence-corrected chi connectivity index (χ0v) is 14.5. The summed E-state index contributed by atoms with van der Waals surface area (Å²) in [6, 6.07) is 0. The van der Waals surface area contributed by atoms with Gasteiger partial charge in [-0.05, 0) is 39.8 Å². The maximum absolute atomic E-state index is 5.80. The average Bonchev–Trinajstić information content (AvgIpc) is 2.85. The van der Waals surface area contributed by atoms with Crippen LogP contribution in [-0.4, -0.2) is 49.8 Å². The summed E-state index contributed by atoms with van der Waals surface area (Å²) in [4.78, 5) is 8.16. The van der Waals surface area contributed by atoms with Crippen LogP contribution in [-0.2, 0) is 11.3 Å². The van der Waals surface area contributed by atoms with Crippen molar-refractivity contribution in [2.24, 2.45) is 5.41 Å². The summed E-state index contributed by atoms with van der Waals surface area (Å²) >= 11 is 1.76. The molecule has 21 heavy (non-hydrogen) atoms. The van der Waals surface area contributed by atoms with Crippen LogP contribution in [0.1, 0.15) is 36.8 Å². The van der Waals surface area contributed by atoms with Gasteiger partial charge in [-0.1, -0.05) is 6.92 Å². The predicted octanol–water partition coefficient (Wildman–Crippen LogP) is 2.68. The molecule has 0 saturated carbocycles. The molecule has 1 aliphatic heterocycles. The molecule has 120 valence electrons. The minimum Gasteiger partial charge on any atom is -0.381 e. The quantitative estimate of drug-likeness (QED) is 0.749. The second kappa shape index (κ2) is 8.22. The van der Waals surface area contributed by atoms with E-state index >= 15 is 0 Å². The molecule has 1 atom stereocenters. The van der Waals surface area contributed by atoms with Gasteiger partial charge in [0.15, 0.2) is 0 Å². The number of aryl methyl sites for hydroxylation is 1. The molecule has 0 spiro atoms. The molecule has 2 rings (SSSR count). The van der Waals surface area contributed by atoms with Crippen molar-refractivity contribution in [3.05, 3.63) is 16.1 Å². The third-order valence-electron chi connectivity index (χ3n) is 4.19. The second-order valence-corrected chi connectivity index (χ2v) is 7.31. The van der Waals surface area contributed by atoms with Crippen molar-refractivity contribution < 1.29 is 4.74 Å². The van der Waals surface area contributed by atoms with E-state index in [1.54, 1.807) is 11.3 Å². The smallest absolute Gasteiger partial charge is 0.0798 e. The van der Waals surface area contributed by atoms with E-state index in [1.807, 2.05) is 5.51 Å². The van der Waals surface area contributed by atoms with Crippen LogP contribution < -0.4 is 5.32 Å². The predicted molar refractivity (Wildman–Crippen MR) is 88.8 cm³/mol. The molecule has 1 aromatic heterocycles. The van der Waals surface area contributed by atoms with Crippen LogP contribution in [0, 0.1) is 12.3 Å². The monoisotopic (exact) mass is 311 g/mol. The van der Waals surface area contributed by atoms with Gasteiger partial charge in [-0.3, -0.25) is 0 Å². The van der Waals surface area contributed by atoms with Crippen LogP contribution in [0.5, 0.6) is 0 Å². The molecule has 1 fully saturated rings. The highest BCUT2D eigenvalue weighted by Crippen LogP contribution is 2.29. The molecule has 5 heteroatoms. The number of aromatic nitrogens is 1. The summed E-state index contributed by atoms with van der Waals surface area (Å²) in [5, 5.41) is 3.60. The molecule has 1 aromatic rings. The lowest BCUT2D eigenvalue weighted by Gasteiger charge is -2.40. The Kier molecular flexibility index (Phi) is 6.61. The lowest BCUT2D eigenvalue weighted by atomic mass is 9.81. The summed E-state index contributed by atoms with van der Waals surface area (Å²) in [6.45, 7) is 10.4. The zero-order chi connectivity index (χ0) is 15.1. The fraction of sp³-hybridized carbons (Fsp3) is 0.812. The van der Waals surface area contributed by atoms with Crippen molar-refractivity contribution in [3.8, 4) is 0 Å². The Morgan fingerprint density at radius 1 is 1.52 bits per heavy atom. The molecule has 0 radical (unpaired) electrons. The first kappa shape index (κ1) is 16.9. The van der Waals surface area contributed by atoms with Gasteiger partial charge in [0.1, 0.15) is 0 Å². The highest BCUT2D eigenvalue weighted by Gasteiger charge is 2.33. The van der Waals surface area contributed by atoms with Crippen molar-refractivity contribution in [1.82, 2.24) is 15.2 Å². The Labute approximate surface area is 132 Å². The van der Waals surface area contributed by atoms with Gasteiger partial charge in [0, 0.05) is 36.5 Å². The number of thiazole rings is 1. The van der Waals surface area contributed by atoms with Crippen LogP contribution >= 0.6 is 11.3 Å². The van der Waals surface area contributed by atoms with Crippen molar-refractivity contribution >= 4 is 11.3 Å². The molecular weight excluding hydrogens is 282 g/mol. The lowest BCUT2D eigenvalue weighted by Crippen LogP contribution is -2.48. The van der Waals surface area contributed by atoms with E-state index in [4.69, 9.17) is 4.74 Å². The van der Waals surface area contributed by atoms with Crippen molar-refractivity contribution in [2.45, 2.75) is 39.7 Å². The lowest BCUT2D eigenvalue weighted by molar-refractivity contribution is -0.0235. The molecule has 0 bridgehead atoms. The minimum atomic E-state index is 0.265. The van der Waals surface area contributed by atoms with Gasteiger partial charge in [0.2, 0.25) is 0 Å². The van der Waals surface area contributed by atoms with E-state index in [9.17, 15) is 0 Å². The van der Waals surface area contributed by atoms with E-state index in [2.05, 4.69) is 36.1 Å². The first-order valence-electron chi connectivity index (χ1n) is 8.01. The Balaban J connectivity index is 1.92. The summed E-state index contributed by atoms with van der Waals surface area (Å²) in [5.74, 6) is 0. The summed E-state index contributed by atoms with van der Waals surface area (Å²) in [7, 11) is 2.22. The minimum absolute atomic E-state index is 0.265. The fourth-order valence-electron chi connectivity index (χ4n) is 3.11. The van der Waals surface area contributed by atoms with Crippen molar-refractivity contribution in [2.75, 3.05) is 39.9 Å². The Bertz CT molecular complexity index is 415. The van der Waals surface area contributed by atoms with E-state index in [-0.39, 0.29) is 5.41 Å². The van der Waals surface area contributed by atoms with E-state index in [0.717, 1.165) is 39.4 Å². The van der Waals surface area contributed by atoms with Crippen LogP contribution in [0.25, 0.3) is 0 Å². The van der Waals surface area contributed by atoms with Gasteiger partial charge in [0.05, 0.1) is 17.8 Å². The highest BCUT2D eigenvalue weighted by molar-refractivity contribution is 7.09. The molecule has 0 aromatic carbocycles. The zero-order valence-electron chi connectivity index (χ0n) is 13.7. The second-order valence-electron chi connectivity index (χ2n) is 6.37. The first-order chi connectivity index (χ1) is 10.2. The van der Waals surface area contributed by atoms with Gasteiger partial charge >= 0.3 is 0 Å². The number of ether oxygens (including phenoxy) is 1. The highest BCUT2D eigenvalue weighted by atomic mass is 32.1. The van der Waals surface area contributed by atoms with E-state index in [1.165, 1.54) is 29.8 Å². The molecular formula is C16H29N3OS. The molecule has 4 nitrogen and oxygen atoms in total. The summed E-state index contributed by atoms with van der Waals surface area (Å²) < 4.78 is 5.80. The normalized spacial score (nSPS) is 22.9. The number of hydrogen-bond acceptors (Lipinski definition) is 5. The largest absolute Gasteiger partial charge is 0.381 e. The average molecular weight is 311 g/mol. The molecule has 1 unspecified atom stereocenters. The van der Waals surface area contributed by atoms with Gasteiger partial charge in [-0.15, -0.1) is 11.3 Å². The van der Waals surface area contributed by atoms with Gasteiger partial charge in [-0.2, -0.15) is 0 Å². The summed E-state index contributed by atoms with van der Waals surface area (Å²) in [5.41, 5.74) is 3.38. The van der Waals surface area contributed by atoms with Crippen LogP contribution in [0.15, 0.2) is 5.51 Å². The third kappa shape index (κ3) is 5.02. The number of hydrogen-bond donors (Lipinski definition) is 1. The fourth-order valence-corrected chi connectivity index (χ4v) is 3.97. The topological polar surface area (TPSA) is 37.4 Å². The van der Waals surface area contributed by atoms with Gasteiger partial charge in [0.25, 0.3) is 0 Å². The van der Waals surface area contributed by atoms with Crippen molar-refractivity contribution in [1.29, 1.82) is 0 Å². The molecule has 1 saturated heterocycles. The standard InChI is InChI=1S/C16H29N3OS/c1-4-7-17-10-16(6-5-8-20-12-16)11-19(3)9-15-14(2)18-13-21-15/h13,17H,4-12H2,1-3H3. The van der Waals surface area contributed by atoms with Gasteiger partial charge in [-0.25, -0.2) is 4.98 Å². The first-order valence-corrected chi connectivity index (χ1v) is 8.89. The Hall–Kier alpha value is -0.490. The maximum atomic E-state index is 5.80. The van der Waals surface area contributed by atoms with Crippen LogP contribution in [0.4, 0.5) is 0 Å². The maximum Gasteiger partial charge on any atom is 0.0798 e. The number of rotatable bonds is 8. The number of nitrogens with one attached hydrogen (secondary N) is 1. The molecule has 0 aliphatic carbocycles. The van der Waals surface area contributed by atoms with Crippen LogP contribution in [0.2, 0.25) is 0 Å². The summed E-state index contributed by atoms with van der Waals surface area (Å²) in [6.07, 6.45) is 3.63. The Morgan fingerprint density at radius 3 is 3.00 bits per heavy atom. The van der Waals surface area contributed by atoms with E-state index in [0.29, 0.717) is 0 Å². The van der Waals surface area contributed by atoms with Crippen LogP contribution in [0.3, 0.4) is 0 Å².